The lowest BCUT2D eigenvalue weighted by atomic mass is 9.80. The summed E-state index contributed by atoms with van der Waals surface area (Å²) < 4.78 is 6.80. The maximum atomic E-state index is 6.80. The largest absolute Gasteiger partial charge is 0.455 e. The Labute approximate surface area is 353 Å². The molecule has 5 nitrogen and oxygen atoms in total. The van der Waals surface area contributed by atoms with Crippen LogP contribution >= 0.6 is 0 Å². The zero-order chi connectivity index (χ0) is 40.6. The second-order valence-electron chi connectivity index (χ2n) is 16.3. The Morgan fingerprint density at radius 1 is 0.705 bits per heavy atom. The van der Waals surface area contributed by atoms with E-state index < -0.39 is 0 Å². The van der Waals surface area contributed by atoms with Gasteiger partial charge >= 0.3 is 0 Å². The van der Waals surface area contributed by atoms with Crippen LogP contribution in [0.25, 0.3) is 99.1 Å². The van der Waals surface area contributed by atoms with E-state index in [4.69, 9.17) is 14.4 Å². The number of pyridine rings is 3. The molecule has 5 heterocycles. The van der Waals surface area contributed by atoms with Crippen LogP contribution in [0.2, 0.25) is 0 Å². The number of para-hydroxylation sites is 2. The molecule has 0 amide bonds. The standard InChI is InChI=1S/C56H38N4O/c1-34-30-35(37-32-49(48-21-9-11-28-57-48)58-50(33-37)51-22-10-12-29-60(51)2)24-26-38(34)44-19-13-20-46-55(44)59-54(53-45-18-7-8-23-52(45)61-56(46)53)36-25-27-43-41-16-4-3-14-39(41)40-15-5-6-17-42(40)47(43)31-36/h3,5-15,17-28,30-34,38H,29H2,1-2H3. The number of likely N-dealkylation sites (N-methyl/N-ethyl adjacent to an activating group) is 1. The summed E-state index contributed by atoms with van der Waals surface area (Å²) in [6, 6.07) is 51.4. The van der Waals surface area contributed by atoms with Crippen LogP contribution in [0.15, 0.2) is 174 Å². The van der Waals surface area contributed by atoms with Gasteiger partial charge in [-0.25, -0.2) is 9.97 Å². The molecule has 61 heavy (non-hydrogen) atoms. The smallest absolute Gasteiger partial charge is 0.147 e. The van der Waals surface area contributed by atoms with E-state index in [-0.39, 0.29) is 11.8 Å². The summed E-state index contributed by atoms with van der Waals surface area (Å²) in [6.07, 6.45) is 15.3. The molecule has 0 N–H and O–H groups in total. The van der Waals surface area contributed by atoms with Crippen LogP contribution in [0, 0.1) is 18.1 Å². The Balaban J connectivity index is 1.02. The first-order valence-corrected chi connectivity index (χ1v) is 20.9. The molecule has 0 saturated heterocycles. The SMILES string of the molecule is CC1C=C(c2cc(C3=CC=CCN3C)nc(-c3ccccn3)c2)C=CC1c1cccc2c1nc(-c1ccc3c4c#cccc4c4ccccc4c3c1)c1c3ccccc3oc21. The second-order valence-corrected chi connectivity index (χ2v) is 16.3. The first-order chi connectivity index (χ1) is 30.1. The summed E-state index contributed by atoms with van der Waals surface area (Å²) in [5, 5.41) is 10.1. The predicted molar refractivity (Wildman–Crippen MR) is 251 cm³/mol. The summed E-state index contributed by atoms with van der Waals surface area (Å²) in [5.41, 5.74) is 11.8. The molecule has 2 atom stereocenters. The highest BCUT2D eigenvalue weighted by atomic mass is 16.3. The average molecular weight is 783 g/mol. The van der Waals surface area contributed by atoms with Gasteiger partial charge in [-0.1, -0.05) is 122 Å². The van der Waals surface area contributed by atoms with Crippen molar-refractivity contribution >= 4 is 76.4 Å². The van der Waals surface area contributed by atoms with Crippen LogP contribution in [0.1, 0.15) is 29.7 Å². The highest BCUT2D eigenvalue weighted by Crippen LogP contribution is 2.45. The number of aromatic nitrogens is 3. The molecule has 10 aromatic rings. The van der Waals surface area contributed by atoms with Gasteiger partial charge in [0, 0.05) is 47.4 Å². The molecule has 2 unspecified atom stereocenters. The summed E-state index contributed by atoms with van der Waals surface area (Å²) in [6.45, 7) is 3.15. The summed E-state index contributed by atoms with van der Waals surface area (Å²) >= 11 is 0. The van der Waals surface area contributed by atoms with E-state index >= 15 is 0 Å². The van der Waals surface area contributed by atoms with Crippen LogP contribution in [0.3, 0.4) is 0 Å². The zero-order valence-corrected chi connectivity index (χ0v) is 33.7. The van der Waals surface area contributed by atoms with Gasteiger partial charge < -0.3 is 9.32 Å². The molecule has 6 aromatic carbocycles. The van der Waals surface area contributed by atoms with E-state index in [0.29, 0.717) is 0 Å². The molecule has 4 aromatic heterocycles. The van der Waals surface area contributed by atoms with E-state index in [9.17, 15) is 0 Å². The van der Waals surface area contributed by atoms with Crippen molar-refractivity contribution in [1.82, 2.24) is 19.9 Å². The fraction of sp³-hybridized carbons (Fsp3) is 0.0893. The molecule has 0 bridgehead atoms. The van der Waals surface area contributed by atoms with Crippen LogP contribution in [-0.2, 0) is 0 Å². The van der Waals surface area contributed by atoms with Gasteiger partial charge in [0.25, 0.3) is 0 Å². The third kappa shape index (κ3) is 5.68. The van der Waals surface area contributed by atoms with Crippen molar-refractivity contribution < 1.29 is 4.42 Å². The fourth-order valence-corrected chi connectivity index (χ4v) is 9.66. The van der Waals surface area contributed by atoms with Crippen LogP contribution in [0.4, 0.5) is 0 Å². The fourth-order valence-electron chi connectivity index (χ4n) is 9.66. The number of nitrogens with zero attached hydrogens (tertiary/aromatic N) is 4. The molecule has 12 rings (SSSR count). The monoisotopic (exact) mass is 782 g/mol. The van der Waals surface area contributed by atoms with Gasteiger partial charge in [-0.2, -0.15) is 0 Å². The van der Waals surface area contributed by atoms with Gasteiger partial charge in [0.1, 0.15) is 11.2 Å². The Morgan fingerprint density at radius 3 is 2.36 bits per heavy atom. The van der Waals surface area contributed by atoms with Crippen LogP contribution < -0.4 is 0 Å². The second kappa shape index (κ2) is 13.9. The Kier molecular flexibility index (Phi) is 8.01. The minimum absolute atomic E-state index is 0.0854. The molecule has 0 spiro atoms. The van der Waals surface area contributed by atoms with Crippen molar-refractivity contribution in [3.8, 4) is 22.6 Å². The number of fused-ring (bicyclic) bond motifs is 11. The summed E-state index contributed by atoms with van der Waals surface area (Å²) in [7, 11) is 2.11. The first-order valence-electron chi connectivity index (χ1n) is 20.9. The highest BCUT2D eigenvalue weighted by Gasteiger charge is 2.26. The minimum atomic E-state index is 0.0854. The quantitative estimate of drug-likeness (QED) is 0.163. The van der Waals surface area contributed by atoms with E-state index in [1.807, 2.05) is 36.5 Å². The number of hydrogen-bond donors (Lipinski definition) is 0. The summed E-state index contributed by atoms with van der Waals surface area (Å²) in [4.78, 5) is 17.7. The molecule has 5 heteroatoms. The zero-order valence-electron chi connectivity index (χ0n) is 33.7. The molecule has 288 valence electrons. The predicted octanol–water partition coefficient (Wildman–Crippen LogP) is 13.5. The molecular weight excluding hydrogens is 745 g/mol. The lowest BCUT2D eigenvalue weighted by Gasteiger charge is -2.26. The van der Waals surface area contributed by atoms with Crippen molar-refractivity contribution in [2.45, 2.75) is 12.8 Å². The summed E-state index contributed by atoms with van der Waals surface area (Å²) in [5.74, 6) is 0.257. The number of furan rings is 1. The molecule has 1 aliphatic carbocycles. The number of rotatable bonds is 5. The molecule has 0 saturated carbocycles. The molecular formula is C56H38N4O. The van der Waals surface area contributed by atoms with Crippen molar-refractivity contribution in [3.63, 3.8) is 0 Å². The lowest BCUT2D eigenvalue weighted by Crippen LogP contribution is -2.19. The third-order valence-corrected chi connectivity index (χ3v) is 12.6. The number of hydrogen-bond acceptors (Lipinski definition) is 5. The van der Waals surface area contributed by atoms with Gasteiger partial charge in [0.05, 0.1) is 39.4 Å². The van der Waals surface area contributed by atoms with Crippen molar-refractivity contribution in [3.05, 3.63) is 199 Å². The van der Waals surface area contributed by atoms with Crippen LogP contribution in [-0.4, -0.2) is 33.4 Å². The Morgan fingerprint density at radius 2 is 1.51 bits per heavy atom. The van der Waals surface area contributed by atoms with Crippen molar-refractivity contribution in [2.75, 3.05) is 13.6 Å². The molecule has 2 aliphatic rings. The van der Waals surface area contributed by atoms with Crippen molar-refractivity contribution in [2.24, 2.45) is 5.92 Å². The Hall–Kier alpha value is -7.81. The van der Waals surface area contributed by atoms with Gasteiger partial charge in [0.15, 0.2) is 0 Å². The Bertz CT molecular complexity index is 3520. The van der Waals surface area contributed by atoms with E-state index in [0.717, 1.165) is 89.8 Å². The number of benzene rings is 5. The van der Waals surface area contributed by atoms with Crippen LogP contribution in [0.5, 0.6) is 0 Å². The van der Waals surface area contributed by atoms with E-state index in [1.54, 1.807) is 0 Å². The maximum absolute atomic E-state index is 6.80. The third-order valence-electron chi connectivity index (χ3n) is 12.6. The molecule has 0 radical (unpaired) electrons. The van der Waals surface area contributed by atoms with Gasteiger partial charge in [-0.15, -0.1) is 0 Å². The van der Waals surface area contributed by atoms with Crippen molar-refractivity contribution in [1.29, 1.82) is 0 Å². The topological polar surface area (TPSA) is 55.1 Å². The lowest BCUT2D eigenvalue weighted by molar-refractivity contribution is 0.529. The normalized spacial score (nSPS) is 16.5. The maximum Gasteiger partial charge on any atom is 0.147 e. The minimum Gasteiger partial charge on any atom is -0.455 e. The van der Waals surface area contributed by atoms with Gasteiger partial charge in [-0.3, -0.25) is 4.98 Å². The van der Waals surface area contributed by atoms with E-state index in [2.05, 4.69) is 170 Å². The van der Waals surface area contributed by atoms with Gasteiger partial charge in [-0.05, 0) is 110 Å². The average Bonchev–Trinajstić information content (AvgIpc) is 3.72. The first kappa shape index (κ1) is 35.2. The number of allylic oxidation sites excluding steroid dienone is 6. The van der Waals surface area contributed by atoms with Gasteiger partial charge in [0.2, 0.25) is 0 Å². The highest BCUT2D eigenvalue weighted by molar-refractivity contribution is 6.26. The van der Waals surface area contributed by atoms with E-state index in [1.165, 1.54) is 32.7 Å². The molecule has 1 aliphatic heterocycles. The molecule has 0 fully saturated rings.